The van der Waals surface area contributed by atoms with Gasteiger partial charge in [0.25, 0.3) is 0 Å². The quantitative estimate of drug-likeness (QED) is 0.881. The third-order valence-corrected chi connectivity index (χ3v) is 2.57. The first-order valence-corrected chi connectivity index (χ1v) is 5.12. The van der Waals surface area contributed by atoms with Gasteiger partial charge in [-0.25, -0.2) is 0 Å². The molecule has 0 fully saturated rings. The first-order valence-electron chi connectivity index (χ1n) is 5.12. The fraction of sp³-hybridized carbons (Fsp3) is 0.250. The Labute approximate surface area is 99.1 Å². The van der Waals surface area contributed by atoms with E-state index in [9.17, 15) is 0 Å². The molecular formula is C12H14N2O3. The van der Waals surface area contributed by atoms with E-state index in [0.717, 1.165) is 5.56 Å². The molecule has 17 heavy (non-hydrogen) atoms. The molecule has 1 aromatic carbocycles. The van der Waals surface area contributed by atoms with E-state index in [1.54, 1.807) is 21.1 Å². The van der Waals surface area contributed by atoms with E-state index < -0.39 is 0 Å². The Morgan fingerprint density at radius 3 is 2.53 bits per heavy atom. The number of ether oxygens (including phenoxy) is 2. The second-order valence-corrected chi connectivity index (χ2v) is 3.54. The Kier molecular flexibility index (Phi) is 2.91. The number of nitrogen functional groups attached to an aromatic ring is 1. The van der Waals surface area contributed by atoms with Crippen LogP contribution in [0.25, 0.3) is 11.3 Å². The second-order valence-electron chi connectivity index (χ2n) is 3.54. The van der Waals surface area contributed by atoms with Gasteiger partial charge >= 0.3 is 0 Å². The summed E-state index contributed by atoms with van der Waals surface area (Å²) in [5.74, 6) is 1.81. The molecule has 0 unspecified atom stereocenters. The first kappa shape index (κ1) is 11.3. The van der Waals surface area contributed by atoms with Crippen molar-refractivity contribution in [3.63, 3.8) is 0 Å². The van der Waals surface area contributed by atoms with Crippen LogP contribution in [0.15, 0.2) is 22.7 Å². The first-order chi connectivity index (χ1) is 8.19. The summed E-state index contributed by atoms with van der Waals surface area (Å²) >= 11 is 0. The summed E-state index contributed by atoms with van der Waals surface area (Å²) in [5, 5.41) is 3.93. The number of rotatable bonds is 3. The highest BCUT2D eigenvalue weighted by Gasteiger charge is 2.18. The molecule has 0 saturated heterocycles. The lowest BCUT2D eigenvalue weighted by Crippen LogP contribution is -1.95. The molecule has 0 amide bonds. The van der Waals surface area contributed by atoms with E-state index in [0.29, 0.717) is 28.6 Å². The van der Waals surface area contributed by atoms with Crippen LogP contribution in [-0.2, 0) is 0 Å². The van der Waals surface area contributed by atoms with Crippen LogP contribution in [0.4, 0.5) is 5.69 Å². The number of methoxy groups -OCH3 is 2. The molecule has 0 bridgehead atoms. The number of nitrogens with zero attached hydrogens (tertiary/aromatic N) is 1. The van der Waals surface area contributed by atoms with Crippen molar-refractivity contribution in [2.75, 3.05) is 20.0 Å². The van der Waals surface area contributed by atoms with Crippen molar-refractivity contribution in [2.45, 2.75) is 6.92 Å². The average molecular weight is 234 g/mol. The average Bonchev–Trinajstić information content (AvgIpc) is 2.69. The summed E-state index contributed by atoms with van der Waals surface area (Å²) in [5.41, 5.74) is 7.73. The highest BCUT2D eigenvalue weighted by Crippen LogP contribution is 2.39. The predicted molar refractivity (Wildman–Crippen MR) is 64.2 cm³/mol. The number of hydrogen-bond donors (Lipinski definition) is 1. The van der Waals surface area contributed by atoms with Crippen LogP contribution < -0.4 is 15.2 Å². The van der Waals surface area contributed by atoms with Gasteiger partial charge in [0.1, 0.15) is 11.4 Å². The number of nitrogens with two attached hydrogens (primary N) is 1. The Balaban J connectivity index is 2.63. The van der Waals surface area contributed by atoms with Gasteiger partial charge in [-0.2, -0.15) is 0 Å². The molecular weight excluding hydrogens is 220 g/mol. The van der Waals surface area contributed by atoms with E-state index in [-0.39, 0.29) is 0 Å². The highest BCUT2D eigenvalue weighted by atomic mass is 16.5. The van der Waals surface area contributed by atoms with Crippen LogP contribution in [0.1, 0.15) is 5.76 Å². The van der Waals surface area contributed by atoms with Crippen LogP contribution in [0.5, 0.6) is 11.5 Å². The van der Waals surface area contributed by atoms with Crippen LogP contribution in [0, 0.1) is 6.92 Å². The van der Waals surface area contributed by atoms with Crippen LogP contribution in [0.2, 0.25) is 0 Å². The third kappa shape index (κ3) is 1.80. The lowest BCUT2D eigenvalue weighted by molar-refractivity contribution is 0.355. The summed E-state index contributed by atoms with van der Waals surface area (Å²) in [4.78, 5) is 0. The molecule has 5 heteroatoms. The minimum atomic E-state index is 0.511. The zero-order chi connectivity index (χ0) is 12.4. The van der Waals surface area contributed by atoms with Gasteiger partial charge in [0, 0.05) is 0 Å². The zero-order valence-electron chi connectivity index (χ0n) is 9.98. The molecule has 0 radical (unpaired) electrons. The fourth-order valence-corrected chi connectivity index (χ4v) is 1.65. The molecule has 0 saturated carbocycles. The van der Waals surface area contributed by atoms with Crippen molar-refractivity contribution in [1.29, 1.82) is 0 Å². The second kappa shape index (κ2) is 4.37. The molecule has 2 rings (SSSR count). The maximum absolute atomic E-state index is 5.90. The smallest absolute Gasteiger partial charge is 0.170 e. The number of benzene rings is 1. The van der Waals surface area contributed by atoms with Crippen LogP contribution in [-0.4, -0.2) is 19.4 Å². The molecule has 0 aliphatic carbocycles. The molecule has 1 heterocycles. The normalized spacial score (nSPS) is 10.3. The van der Waals surface area contributed by atoms with E-state index in [4.69, 9.17) is 19.7 Å². The summed E-state index contributed by atoms with van der Waals surface area (Å²) < 4.78 is 15.6. The van der Waals surface area contributed by atoms with E-state index in [1.807, 2.05) is 18.2 Å². The Hall–Kier alpha value is -2.17. The molecule has 90 valence electrons. The molecule has 0 aliphatic heterocycles. The van der Waals surface area contributed by atoms with E-state index in [1.165, 1.54) is 0 Å². The van der Waals surface area contributed by atoms with Crippen molar-refractivity contribution in [1.82, 2.24) is 5.16 Å². The van der Waals surface area contributed by atoms with Gasteiger partial charge in [-0.1, -0.05) is 11.2 Å². The lowest BCUT2D eigenvalue weighted by Gasteiger charge is -2.10. The molecule has 5 nitrogen and oxygen atoms in total. The Morgan fingerprint density at radius 2 is 2.00 bits per heavy atom. The van der Waals surface area contributed by atoms with Crippen molar-refractivity contribution in [3.8, 4) is 22.8 Å². The number of aromatic nitrogens is 1. The summed E-state index contributed by atoms with van der Waals surface area (Å²) in [6.07, 6.45) is 0. The van der Waals surface area contributed by atoms with E-state index >= 15 is 0 Å². The fourth-order valence-electron chi connectivity index (χ4n) is 1.65. The molecule has 0 atom stereocenters. The summed E-state index contributed by atoms with van der Waals surface area (Å²) in [7, 11) is 3.16. The largest absolute Gasteiger partial charge is 0.493 e. The number of para-hydroxylation sites is 1. The van der Waals surface area contributed by atoms with Crippen LogP contribution in [0.3, 0.4) is 0 Å². The van der Waals surface area contributed by atoms with Crippen molar-refractivity contribution >= 4 is 5.69 Å². The van der Waals surface area contributed by atoms with Crippen molar-refractivity contribution in [3.05, 3.63) is 24.0 Å². The number of hydrogen-bond acceptors (Lipinski definition) is 5. The third-order valence-electron chi connectivity index (χ3n) is 2.57. The maximum atomic E-state index is 5.90. The Morgan fingerprint density at radius 1 is 1.24 bits per heavy atom. The standard InChI is InChI=1S/C12H14N2O3/c1-7-10(13)11(14-17-7)8-5-4-6-9(15-2)12(8)16-3/h4-6H,13H2,1-3H3. The molecule has 0 aliphatic rings. The monoisotopic (exact) mass is 234 g/mol. The minimum Gasteiger partial charge on any atom is -0.493 e. The van der Waals surface area contributed by atoms with Gasteiger partial charge < -0.3 is 19.7 Å². The molecule has 1 aromatic heterocycles. The Bertz CT molecular complexity index is 535. The molecule has 0 spiro atoms. The van der Waals surface area contributed by atoms with Gasteiger partial charge in [0.05, 0.1) is 19.8 Å². The van der Waals surface area contributed by atoms with Gasteiger partial charge in [0.2, 0.25) is 0 Å². The van der Waals surface area contributed by atoms with Gasteiger partial charge in [-0.15, -0.1) is 0 Å². The summed E-state index contributed by atoms with van der Waals surface area (Å²) in [6, 6.07) is 5.51. The van der Waals surface area contributed by atoms with Crippen molar-refractivity contribution in [2.24, 2.45) is 0 Å². The zero-order valence-corrected chi connectivity index (χ0v) is 9.98. The number of aryl methyl sites for hydroxylation is 1. The molecule has 2 aromatic rings. The van der Waals surface area contributed by atoms with Gasteiger partial charge in [0.15, 0.2) is 17.3 Å². The topological polar surface area (TPSA) is 70.5 Å². The minimum absolute atomic E-state index is 0.511. The van der Waals surface area contributed by atoms with Gasteiger partial charge in [-0.3, -0.25) is 0 Å². The SMILES string of the molecule is COc1cccc(-c2noc(C)c2N)c1OC. The predicted octanol–water partition coefficient (Wildman–Crippen LogP) is 2.25. The van der Waals surface area contributed by atoms with Gasteiger partial charge in [-0.05, 0) is 19.1 Å². The van der Waals surface area contributed by atoms with E-state index in [2.05, 4.69) is 5.16 Å². The van der Waals surface area contributed by atoms with Crippen molar-refractivity contribution < 1.29 is 14.0 Å². The maximum Gasteiger partial charge on any atom is 0.170 e. The highest BCUT2D eigenvalue weighted by molar-refractivity contribution is 5.79. The summed E-state index contributed by atoms with van der Waals surface area (Å²) in [6.45, 7) is 1.76. The number of anilines is 1. The molecule has 2 N–H and O–H groups in total. The van der Waals surface area contributed by atoms with Crippen LogP contribution >= 0.6 is 0 Å². The lowest BCUT2D eigenvalue weighted by atomic mass is 10.1.